The molecule has 20 heavy (non-hydrogen) atoms. The maximum Gasteiger partial charge on any atom is 0.289 e. The van der Waals surface area contributed by atoms with E-state index in [0.29, 0.717) is 6.54 Å². The van der Waals surface area contributed by atoms with Gasteiger partial charge in [-0.25, -0.2) is 13.1 Å². The lowest BCUT2D eigenvalue weighted by atomic mass is 10.2. The molecule has 1 aliphatic heterocycles. The van der Waals surface area contributed by atoms with Crippen molar-refractivity contribution in [2.24, 2.45) is 0 Å². The first kappa shape index (κ1) is 15.0. The molecule has 0 aromatic carbocycles. The Hall–Kier alpha value is -1.38. The van der Waals surface area contributed by atoms with E-state index < -0.39 is 10.0 Å². The molecule has 1 amide bonds. The van der Waals surface area contributed by atoms with Gasteiger partial charge >= 0.3 is 0 Å². The molecule has 1 unspecified atom stereocenters. The maximum atomic E-state index is 12.3. The minimum Gasteiger partial charge on any atom is -0.438 e. The molecule has 1 aromatic heterocycles. The third-order valence-corrected chi connectivity index (χ3v) is 4.70. The van der Waals surface area contributed by atoms with Crippen molar-refractivity contribution in [3.05, 3.63) is 17.9 Å². The van der Waals surface area contributed by atoms with Crippen LogP contribution in [-0.4, -0.2) is 63.9 Å². The van der Waals surface area contributed by atoms with Crippen molar-refractivity contribution >= 4 is 15.9 Å². The molecule has 0 aliphatic carbocycles. The zero-order valence-electron chi connectivity index (χ0n) is 11.8. The van der Waals surface area contributed by atoms with Gasteiger partial charge in [0.2, 0.25) is 5.09 Å². The topological polar surface area (TPSA) is 82.9 Å². The second-order valence-electron chi connectivity index (χ2n) is 4.94. The number of carbonyl (C=O) groups is 1. The first-order chi connectivity index (χ1) is 9.35. The summed E-state index contributed by atoms with van der Waals surface area (Å²) in [5, 5.41) is -0.245. The van der Waals surface area contributed by atoms with Gasteiger partial charge in [0.1, 0.15) is 0 Å². The van der Waals surface area contributed by atoms with E-state index in [-0.39, 0.29) is 22.8 Å². The Morgan fingerprint density at radius 3 is 2.70 bits per heavy atom. The Morgan fingerprint density at radius 2 is 2.10 bits per heavy atom. The summed E-state index contributed by atoms with van der Waals surface area (Å²) in [7, 11) is -0.363. The Labute approximate surface area is 118 Å². The van der Waals surface area contributed by atoms with Crippen molar-refractivity contribution in [1.29, 1.82) is 0 Å². The number of nitrogens with one attached hydrogen (secondary N) is 1. The van der Waals surface area contributed by atoms with Crippen LogP contribution in [0, 0.1) is 0 Å². The zero-order chi connectivity index (χ0) is 14.9. The normalized spacial score (nSPS) is 21.1. The van der Waals surface area contributed by atoms with Gasteiger partial charge in [-0.1, -0.05) is 0 Å². The summed E-state index contributed by atoms with van der Waals surface area (Å²) in [6.07, 6.45) is 0. The molecule has 2 rings (SSSR count). The minimum atomic E-state index is -3.66. The number of piperazine rings is 1. The van der Waals surface area contributed by atoms with Gasteiger partial charge in [0.05, 0.1) is 0 Å². The summed E-state index contributed by atoms with van der Waals surface area (Å²) in [5.74, 6) is -0.224. The van der Waals surface area contributed by atoms with Crippen LogP contribution in [0.3, 0.4) is 0 Å². The largest absolute Gasteiger partial charge is 0.438 e. The first-order valence-corrected chi connectivity index (χ1v) is 7.86. The molecule has 0 radical (unpaired) electrons. The van der Waals surface area contributed by atoms with E-state index in [1.807, 2.05) is 14.0 Å². The van der Waals surface area contributed by atoms with Crippen molar-refractivity contribution in [3.8, 4) is 0 Å². The number of carbonyl (C=O) groups excluding carboxylic acids is 1. The Morgan fingerprint density at radius 1 is 1.40 bits per heavy atom. The van der Waals surface area contributed by atoms with Crippen molar-refractivity contribution in [2.45, 2.75) is 18.1 Å². The zero-order valence-corrected chi connectivity index (χ0v) is 12.6. The van der Waals surface area contributed by atoms with Crippen LogP contribution in [0.1, 0.15) is 17.5 Å². The van der Waals surface area contributed by atoms with Crippen LogP contribution in [0.2, 0.25) is 0 Å². The molecule has 1 saturated heterocycles. The predicted molar refractivity (Wildman–Crippen MR) is 72.9 cm³/mol. The molecule has 1 aliphatic rings. The number of sulfonamides is 1. The molecule has 7 nitrogen and oxygen atoms in total. The van der Waals surface area contributed by atoms with Crippen LogP contribution in [0.5, 0.6) is 0 Å². The summed E-state index contributed by atoms with van der Waals surface area (Å²) < 4.78 is 30.5. The van der Waals surface area contributed by atoms with Crippen molar-refractivity contribution < 1.29 is 17.6 Å². The molecule has 0 saturated carbocycles. The summed E-state index contributed by atoms with van der Waals surface area (Å²) in [5.41, 5.74) is 0. The summed E-state index contributed by atoms with van der Waals surface area (Å²) in [6, 6.07) is 2.76. The van der Waals surface area contributed by atoms with E-state index in [0.717, 1.165) is 13.1 Å². The van der Waals surface area contributed by atoms with Crippen LogP contribution in [-0.2, 0) is 10.0 Å². The van der Waals surface area contributed by atoms with Gasteiger partial charge in [-0.3, -0.25) is 4.79 Å². The molecular weight excluding hydrogens is 282 g/mol. The maximum absolute atomic E-state index is 12.3. The van der Waals surface area contributed by atoms with Gasteiger partial charge in [0, 0.05) is 25.7 Å². The molecule has 8 heteroatoms. The number of rotatable bonds is 3. The lowest BCUT2D eigenvalue weighted by Gasteiger charge is -2.37. The number of likely N-dealkylation sites (N-methyl/N-ethyl adjacent to an activating group) is 1. The highest BCUT2D eigenvalue weighted by atomic mass is 32.2. The molecule has 2 heterocycles. The molecule has 1 fully saturated rings. The summed E-state index contributed by atoms with van der Waals surface area (Å²) >= 11 is 0. The van der Waals surface area contributed by atoms with Crippen LogP contribution in [0.4, 0.5) is 0 Å². The third kappa shape index (κ3) is 2.87. The highest BCUT2D eigenvalue weighted by Gasteiger charge is 2.29. The number of furan rings is 1. The third-order valence-electron chi connectivity index (χ3n) is 3.42. The van der Waals surface area contributed by atoms with E-state index in [4.69, 9.17) is 4.42 Å². The van der Waals surface area contributed by atoms with Crippen molar-refractivity contribution in [3.63, 3.8) is 0 Å². The fourth-order valence-electron chi connectivity index (χ4n) is 2.26. The standard InChI is InChI=1S/C12H19N3O4S/c1-9-8-14(3)6-7-15(9)12(16)10-4-5-11(19-10)20(17,18)13-2/h4-5,9,13H,6-8H2,1-3H3. The van der Waals surface area contributed by atoms with Crippen LogP contribution >= 0.6 is 0 Å². The molecule has 112 valence electrons. The monoisotopic (exact) mass is 301 g/mol. The fourth-order valence-corrected chi connectivity index (χ4v) is 2.91. The number of hydrogen-bond donors (Lipinski definition) is 1. The Kier molecular flexibility index (Phi) is 4.17. The van der Waals surface area contributed by atoms with Crippen LogP contribution in [0.15, 0.2) is 21.6 Å². The molecule has 1 N–H and O–H groups in total. The van der Waals surface area contributed by atoms with Crippen LogP contribution < -0.4 is 4.72 Å². The first-order valence-electron chi connectivity index (χ1n) is 6.38. The van der Waals surface area contributed by atoms with Crippen molar-refractivity contribution in [1.82, 2.24) is 14.5 Å². The van der Waals surface area contributed by atoms with E-state index in [9.17, 15) is 13.2 Å². The Balaban J connectivity index is 2.18. The second-order valence-corrected chi connectivity index (χ2v) is 6.75. The average molecular weight is 301 g/mol. The van der Waals surface area contributed by atoms with Gasteiger partial charge in [0.15, 0.2) is 5.76 Å². The summed E-state index contributed by atoms with van der Waals surface area (Å²) in [4.78, 5) is 16.2. The van der Waals surface area contributed by atoms with Crippen LogP contribution in [0.25, 0.3) is 0 Å². The molecule has 1 aromatic rings. The quantitative estimate of drug-likeness (QED) is 0.847. The summed E-state index contributed by atoms with van der Waals surface area (Å²) in [6.45, 7) is 4.14. The minimum absolute atomic E-state index is 0.0511. The lowest BCUT2D eigenvalue weighted by Crippen LogP contribution is -2.52. The van der Waals surface area contributed by atoms with Gasteiger partial charge in [-0.05, 0) is 33.2 Å². The van der Waals surface area contributed by atoms with Crippen molar-refractivity contribution in [2.75, 3.05) is 33.7 Å². The number of hydrogen-bond acceptors (Lipinski definition) is 5. The molecule has 1 atom stereocenters. The molecule has 0 bridgehead atoms. The van der Waals surface area contributed by atoms with E-state index in [1.165, 1.54) is 19.2 Å². The molecule has 0 spiro atoms. The SMILES string of the molecule is CNS(=O)(=O)c1ccc(C(=O)N2CCN(C)CC2C)o1. The van der Waals surface area contributed by atoms with Gasteiger partial charge < -0.3 is 14.2 Å². The highest BCUT2D eigenvalue weighted by Crippen LogP contribution is 2.18. The van der Waals surface area contributed by atoms with Gasteiger partial charge in [-0.15, -0.1) is 0 Å². The van der Waals surface area contributed by atoms with E-state index in [1.54, 1.807) is 4.90 Å². The highest BCUT2D eigenvalue weighted by molar-refractivity contribution is 7.89. The lowest BCUT2D eigenvalue weighted by molar-refractivity contribution is 0.0497. The number of nitrogens with zero attached hydrogens (tertiary/aromatic N) is 2. The number of amides is 1. The fraction of sp³-hybridized carbons (Fsp3) is 0.583. The van der Waals surface area contributed by atoms with E-state index >= 15 is 0 Å². The Bertz CT molecular complexity index is 596. The van der Waals surface area contributed by atoms with E-state index in [2.05, 4.69) is 9.62 Å². The average Bonchev–Trinajstić information content (AvgIpc) is 2.88. The second kappa shape index (κ2) is 5.55. The smallest absolute Gasteiger partial charge is 0.289 e. The predicted octanol–water partition coefficient (Wildman–Crippen LogP) is -0.0362. The van der Waals surface area contributed by atoms with Gasteiger partial charge in [0.25, 0.3) is 15.9 Å². The molecular formula is C12H19N3O4S. The van der Waals surface area contributed by atoms with Gasteiger partial charge in [-0.2, -0.15) is 0 Å².